The molecule has 3 N–H and O–H groups in total. The van der Waals surface area contributed by atoms with Gasteiger partial charge in [0.05, 0.1) is 44.0 Å². The van der Waals surface area contributed by atoms with Gasteiger partial charge in [-0.15, -0.1) is 10.2 Å². The lowest BCUT2D eigenvalue weighted by Crippen LogP contribution is -2.27. The van der Waals surface area contributed by atoms with E-state index in [2.05, 4.69) is 46.5 Å². The van der Waals surface area contributed by atoms with E-state index >= 15 is 0 Å². The predicted molar refractivity (Wildman–Crippen MR) is 224 cm³/mol. The predicted octanol–water partition coefficient (Wildman–Crippen LogP) is 6.18. The molecule has 8 rings (SSSR count). The summed E-state index contributed by atoms with van der Waals surface area (Å²) in [6.07, 6.45) is 10.6. The van der Waals surface area contributed by atoms with E-state index in [9.17, 15) is 19.2 Å². The van der Waals surface area contributed by atoms with E-state index in [4.69, 9.17) is 4.74 Å². The minimum absolute atomic E-state index is 0.0513. The van der Waals surface area contributed by atoms with Crippen molar-refractivity contribution in [2.45, 2.75) is 26.4 Å². The fourth-order valence-electron chi connectivity index (χ4n) is 6.53. The van der Waals surface area contributed by atoms with Gasteiger partial charge in [-0.3, -0.25) is 14.4 Å². The summed E-state index contributed by atoms with van der Waals surface area (Å²) in [5.74, 6) is -1.58. The molecule has 300 valence electrons. The number of carbonyl (C=O) groups is 4. The Morgan fingerprint density at radius 1 is 0.567 bits per heavy atom. The Hall–Kier alpha value is -8.14. The Morgan fingerprint density at radius 3 is 1.52 bits per heavy atom. The van der Waals surface area contributed by atoms with Crippen molar-refractivity contribution in [2.75, 3.05) is 24.3 Å². The summed E-state index contributed by atoms with van der Waals surface area (Å²) in [4.78, 5) is 58.6. The monoisotopic (exact) mass is 801 g/mol. The van der Waals surface area contributed by atoms with Gasteiger partial charge in [0.2, 0.25) is 0 Å². The van der Waals surface area contributed by atoms with Gasteiger partial charge >= 0.3 is 5.97 Å². The molecule has 4 heterocycles. The molecule has 16 heteroatoms. The van der Waals surface area contributed by atoms with Gasteiger partial charge < -0.3 is 20.7 Å². The largest absolute Gasteiger partial charge is 0.464 e. The molecular weight excluding hydrogens is 763 g/mol. The second kappa shape index (κ2) is 18.9. The summed E-state index contributed by atoms with van der Waals surface area (Å²) >= 11 is 0. The summed E-state index contributed by atoms with van der Waals surface area (Å²) < 4.78 is 8.19. The average molecular weight is 802 g/mol. The van der Waals surface area contributed by atoms with E-state index in [1.165, 1.54) is 19.5 Å². The van der Waals surface area contributed by atoms with Gasteiger partial charge in [0.1, 0.15) is 0 Å². The number of hydrogen-bond acceptors (Lipinski definition) is 11. The molecule has 60 heavy (non-hydrogen) atoms. The number of benzene rings is 4. The first kappa shape index (κ1) is 40.1. The quantitative estimate of drug-likeness (QED) is 0.119. The van der Waals surface area contributed by atoms with Gasteiger partial charge in [-0.2, -0.15) is 0 Å². The fraction of sp³-hybridized carbons (Fsp3) is 0.136. The number of pyridine rings is 2. The van der Waals surface area contributed by atoms with Crippen molar-refractivity contribution in [3.05, 3.63) is 168 Å². The molecular formula is C44H39N11O5. The number of fused-ring (bicyclic) bond motifs is 2. The first-order chi connectivity index (χ1) is 29.3. The van der Waals surface area contributed by atoms with Crippen molar-refractivity contribution in [1.29, 1.82) is 0 Å². The second-order valence-electron chi connectivity index (χ2n) is 13.3. The van der Waals surface area contributed by atoms with E-state index in [0.29, 0.717) is 42.1 Å². The minimum Gasteiger partial charge on any atom is -0.464 e. The molecule has 0 saturated heterocycles. The van der Waals surface area contributed by atoms with Crippen molar-refractivity contribution in [3.8, 4) is 0 Å². The van der Waals surface area contributed by atoms with Crippen LogP contribution in [0.2, 0.25) is 0 Å². The molecule has 16 nitrogen and oxygen atoms in total. The van der Waals surface area contributed by atoms with Crippen LogP contribution in [0.15, 0.2) is 134 Å². The second-order valence-corrected chi connectivity index (χ2v) is 13.3. The van der Waals surface area contributed by atoms with Crippen molar-refractivity contribution < 1.29 is 23.9 Å². The van der Waals surface area contributed by atoms with Crippen LogP contribution in [0, 0.1) is 0 Å². The zero-order chi connectivity index (χ0) is 41.8. The molecule has 3 amide bonds. The third-order valence-electron chi connectivity index (χ3n) is 9.37. The lowest BCUT2D eigenvalue weighted by atomic mass is 9.99. The molecule has 0 spiro atoms. The Labute approximate surface area is 343 Å². The highest BCUT2D eigenvalue weighted by Gasteiger charge is 2.20. The number of nitrogens with zero attached hydrogens (tertiary/aromatic N) is 8. The van der Waals surface area contributed by atoms with Crippen LogP contribution in [0.1, 0.15) is 66.2 Å². The fourth-order valence-corrected chi connectivity index (χ4v) is 6.53. The van der Waals surface area contributed by atoms with E-state index in [0.717, 1.165) is 39.1 Å². The molecule has 8 aromatic rings. The average Bonchev–Trinajstić information content (AvgIpc) is 4.01. The smallest absolute Gasteiger partial charge is 0.358 e. The highest BCUT2D eigenvalue weighted by Crippen LogP contribution is 2.27. The van der Waals surface area contributed by atoms with Crippen LogP contribution in [-0.2, 0) is 17.8 Å². The molecule has 0 saturated carbocycles. The third-order valence-corrected chi connectivity index (χ3v) is 9.37. The number of methoxy groups -OCH3 is 1. The normalized spacial score (nSPS) is 10.7. The summed E-state index contributed by atoms with van der Waals surface area (Å²) in [5.41, 5.74) is 3.95. The lowest BCUT2D eigenvalue weighted by molar-refractivity contribution is 0.0595. The topological polar surface area (TPSA) is 201 Å². The Bertz CT molecular complexity index is 2790. The summed E-state index contributed by atoms with van der Waals surface area (Å²) in [6, 6.07) is 29.3. The van der Waals surface area contributed by atoms with Gasteiger partial charge in [-0.25, -0.2) is 24.1 Å². The van der Waals surface area contributed by atoms with Crippen LogP contribution in [0.25, 0.3) is 21.5 Å². The van der Waals surface area contributed by atoms with Crippen molar-refractivity contribution in [1.82, 2.24) is 45.3 Å². The first-order valence-electron chi connectivity index (χ1n) is 18.9. The number of anilines is 2. The van der Waals surface area contributed by atoms with E-state index < -0.39 is 5.97 Å². The van der Waals surface area contributed by atoms with Gasteiger partial charge in [-0.05, 0) is 75.5 Å². The molecule has 4 aromatic carbocycles. The van der Waals surface area contributed by atoms with Crippen LogP contribution in [0.4, 0.5) is 11.4 Å². The number of rotatable bonds is 12. The minimum atomic E-state index is -0.617. The van der Waals surface area contributed by atoms with Crippen LogP contribution in [0.3, 0.4) is 0 Å². The lowest BCUT2D eigenvalue weighted by Gasteiger charge is -2.13. The van der Waals surface area contributed by atoms with Gasteiger partial charge in [0.15, 0.2) is 11.4 Å². The molecule has 0 aliphatic rings. The number of amides is 3. The number of carbonyl (C=O) groups excluding carboxylic acids is 4. The molecule has 0 aliphatic carbocycles. The summed E-state index contributed by atoms with van der Waals surface area (Å²) in [6.45, 7) is 3.60. The molecule has 0 aliphatic heterocycles. The van der Waals surface area contributed by atoms with Crippen LogP contribution in [-0.4, -0.2) is 77.3 Å². The number of ether oxygens (including phenoxy) is 1. The Balaban J connectivity index is 0.000000182. The van der Waals surface area contributed by atoms with Crippen LogP contribution < -0.4 is 16.0 Å². The molecule has 0 fully saturated rings. The first-order valence-corrected chi connectivity index (χ1v) is 18.9. The SMILES string of the molecule is CCCNC(=O)c1ncccc1NC(=O)c1ccc(Cn2ccnn2)c2ccccc12.COC(=O)c1ncccc1NC(=O)c1ccc(Cn2ccnn2)c2ccccc12. The van der Waals surface area contributed by atoms with Crippen molar-refractivity contribution in [2.24, 2.45) is 0 Å². The van der Waals surface area contributed by atoms with Crippen LogP contribution >= 0.6 is 0 Å². The van der Waals surface area contributed by atoms with Gasteiger partial charge in [0, 0.05) is 42.5 Å². The van der Waals surface area contributed by atoms with Gasteiger partial charge in [-0.1, -0.05) is 78.0 Å². The Kier molecular flexibility index (Phi) is 12.6. The maximum absolute atomic E-state index is 13.1. The number of aromatic nitrogens is 8. The zero-order valence-electron chi connectivity index (χ0n) is 32.6. The van der Waals surface area contributed by atoms with Gasteiger partial charge in [0.25, 0.3) is 17.7 Å². The third kappa shape index (κ3) is 9.18. The molecule has 0 atom stereocenters. The molecule has 4 aromatic heterocycles. The highest BCUT2D eigenvalue weighted by atomic mass is 16.5. The molecule has 0 unspecified atom stereocenters. The summed E-state index contributed by atoms with van der Waals surface area (Å²) in [5, 5.41) is 27.6. The molecule has 0 radical (unpaired) electrons. The van der Waals surface area contributed by atoms with Crippen LogP contribution in [0.5, 0.6) is 0 Å². The van der Waals surface area contributed by atoms with E-state index in [1.54, 1.807) is 70.5 Å². The standard InChI is InChI=1S/C23H22N6O2.C21H17N5O3/c1-2-11-25-23(31)21-20(8-5-12-24-21)27-22(30)19-10-9-16(15-29-14-13-26-28-29)17-6-3-4-7-18(17)19;1-29-21(28)19-18(7-4-10-22-19)24-20(27)17-9-8-14(13-26-12-11-23-25-26)15-5-2-3-6-16(15)17/h3-10,12-14H,2,11,15H2,1H3,(H,25,31)(H,27,30);2-12H,13H2,1H3,(H,24,27). The maximum Gasteiger partial charge on any atom is 0.358 e. The maximum atomic E-state index is 13.1. The van der Waals surface area contributed by atoms with Crippen molar-refractivity contribution in [3.63, 3.8) is 0 Å². The summed E-state index contributed by atoms with van der Waals surface area (Å²) in [7, 11) is 1.27. The Morgan fingerprint density at radius 2 is 1.05 bits per heavy atom. The number of nitrogens with one attached hydrogen (secondary N) is 3. The highest BCUT2D eigenvalue weighted by molar-refractivity contribution is 6.16. The van der Waals surface area contributed by atoms with Crippen molar-refractivity contribution >= 4 is 56.6 Å². The zero-order valence-corrected chi connectivity index (χ0v) is 32.6. The van der Waals surface area contributed by atoms with E-state index in [-0.39, 0.29) is 29.1 Å². The number of hydrogen-bond donors (Lipinski definition) is 3. The number of esters is 1. The molecule has 0 bridgehead atoms. The van der Waals surface area contributed by atoms with E-state index in [1.807, 2.05) is 67.6 Å².